The van der Waals surface area contributed by atoms with Gasteiger partial charge in [-0.25, -0.2) is 0 Å². The van der Waals surface area contributed by atoms with E-state index in [4.69, 9.17) is 4.74 Å². The molecule has 0 atom stereocenters. The van der Waals surface area contributed by atoms with Crippen LogP contribution in [0.5, 0.6) is 5.75 Å². The van der Waals surface area contributed by atoms with Crippen LogP contribution in [0.2, 0.25) is 0 Å². The number of methoxy groups -OCH3 is 1. The Bertz CT molecular complexity index is 509. The number of hydrogen-bond acceptors (Lipinski definition) is 2. The minimum Gasteiger partial charge on any atom is -0.497 e. The zero-order valence-corrected chi connectivity index (χ0v) is 9.67. The molecule has 3 heteroatoms. The van der Waals surface area contributed by atoms with Gasteiger partial charge in [-0.2, -0.15) is 4.57 Å². The van der Waals surface area contributed by atoms with E-state index >= 15 is 0 Å². The maximum atomic E-state index is 12.0. The van der Waals surface area contributed by atoms with Gasteiger partial charge in [0.05, 0.1) is 7.11 Å². The molecule has 86 valence electrons. The van der Waals surface area contributed by atoms with Crippen molar-refractivity contribution in [2.24, 2.45) is 0 Å². The summed E-state index contributed by atoms with van der Waals surface area (Å²) in [5, 5.41) is 0. The molecule has 0 radical (unpaired) electrons. The Morgan fingerprint density at radius 2 is 1.94 bits per heavy atom. The van der Waals surface area contributed by atoms with E-state index in [9.17, 15) is 4.79 Å². The lowest BCUT2D eigenvalue weighted by Gasteiger charge is -2.01. The van der Waals surface area contributed by atoms with Crippen LogP contribution in [0.25, 0.3) is 0 Å². The first-order chi connectivity index (χ1) is 8.29. The van der Waals surface area contributed by atoms with Crippen molar-refractivity contribution < 1.29 is 14.1 Å². The monoisotopic (exact) mass is 228 g/mol. The van der Waals surface area contributed by atoms with Crippen molar-refractivity contribution in [3.63, 3.8) is 0 Å². The summed E-state index contributed by atoms with van der Waals surface area (Å²) in [5.41, 5.74) is 0.667. The molecule has 1 aromatic carbocycles. The molecule has 0 aliphatic rings. The smallest absolute Gasteiger partial charge is 0.227 e. The third kappa shape index (κ3) is 2.91. The maximum Gasteiger partial charge on any atom is 0.227 e. The SMILES string of the molecule is COc1cccc(C(=O)C[n+]2ccccc2)c1. The third-order valence-electron chi connectivity index (χ3n) is 2.50. The fourth-order valence-corrected chi connectivity index (χ4v) is 1.59. The van der Waals surface area contributed by atoms with Crippen LogP contribution < -0.4 is 9.30 Å². The summed E-state index contributed by atoms with van der Waals surface area (Å²) in [4.78, 5) is 12.0. The minimum atomic E-state index is 0.0695. The quantitative estimate of drug-likeness (QED) is 0.590. The van der Waals surface area contributed by atoms with Crippen molar-refractivity contribution in [1.82, 2.24) is 0 Å². The highest BCUT2D eigenvalue weighted by atomic mass is 16.5. The summed E-state index contributed by atoms with van der Waals surface area (Å²) in [6, 6.07) is 12.9. The summed E-state index contributed by atoms with van der Waals surface area (Å²) in [6.07, 6.45) is 3.75. The average Bonchev–Trinajstić information content (AvgIpc) is 2.40. The Hall–Kier alpha value is -2.16. The Labute approximate surface area is 100 Å². The number of pyridine rings is 1. The topological polar surface area (TPSA) is 30.2 Å². The number of nitrogens with zero attached hydrogens (tertiary/aromatic N) is 1. The van der Waals surface area contributed by atoms with Gasteiger partial charge in [0, 0.05) is 17.7 Å². The van der Waals surface area contributed by atoms with Gasteiger partial charge in [-0.1, -0.05) is 18.2 Å². The summed E-state index contributed by atoms with van der Waals surface area (Å²) in [6.45, 7) is 0.341. The molecule has 0 aliphatic carbocycles. The number of ketones is 1. The van der Waals surface area contributed by atoms with Gasteiger partial charge < -0.3 is 4.74 Å². The molecule has 0 fully saturated rings. The molecule has 0 bridgehead atoms. The highest BCUT2D eigenvalue weighted by molar-refractivity contribution is 5.95. The molecule has 0 amide bonds. The number of aromatic nitrogens is 1. The highest BCUT2D eigenvalue weighted by Crippen LogP contribution is 2.12. The van der Waals surface area contributed by atoms with Crippen molar-refractivity contribution in [3.8, 4) is 5.75 Å². The zero-order valence-electron chi connectivity index (χ0n) is 9.67. The van der Waals surface area contributed by atoms with Gasteiger partial charge in [0.2, 0.25) is 12.3 Å². The van der Waals surface area contributed by atoms with Crippen LogP contribution in [0.4, 0.5) is 0 Å². The second-order valence-corrected chi connectivity index (χ2v) is 3.70. The van der Waals surface area contributed by atoms with Crippen LogP contribution in [0.3, 0.4) is 0 Å². The predicted molar refractivity (Wildman–Crippen MR) is 64.0 cm³/mol. The van der Waals surface area contributed by atoms with E-state index in [1.807, 2.05) is 47.3 Å². The molecule has 0 spiro atoms. The largest absolute Gasteiger partial charge is 0.497 e. The van der Waals surface area contributed by atoms with Crippen molar-refractivity contribution in [1.29, 1.82) is 0 Å². The third-order valence-corrected chi connectivity index (χ3v) is 2.50. The van der Waals surface area contributed by atoms with E-state index < -0.39 is 0 Å². The molecule has 0 saturated carbocycles. The van der Waals surface area contributed by atoms with E-state index in [0.717, 1.165) is 0 Å². The van der Waals surface area contributed by atoms with Crippen LogP contribution in [-0.2, 0) is 6.54 Å². The molecular formula is C14H14NO2+. The van der Waals surface area contributed by atoms with Crippen molar-refractivity contribution in [2.75, 3.05) is 7.11 Å². The molecule has 17 heavy (non-hydrogen) atoms. The van der Waals surface area contributed by atoms with Gasteiger partial charge in [0.15, 0.2) is 12.4 Å². The molecule has 3 nitrogen and oxygen atoms in total. The van der Waals surface area contributed by atoms with Gasteiger partial charge in [0.1, 0.15) is 5.75 Å². The predicted octanol–water partition coefficient (Wildman–Crippen LogP) is 1.87. The highest BCUT2D eigenvalue weighted by Gasteiger charge is 2.11. The number of benzene rings is 1. The molecule has 0 aliphatic heterocycles. The van der Waals surface area contributed by atoms with Crippen LogP contribution >= 0.6 is 0 Å². The Morgan fingerprint density at radius 1 is 1.18 bits per heavy atom. The molecule has 1 aromatic heterocycles. The van der Waals surface area contributed by atoms with Crippen LogP contribution in [-0.4, -0.2) is 12.9 Å². The van der Waals surface area contributed by atoms with E-state index in [1.54, 1.807) is 19.2 Å². The second kappa shape index (κ2) is 5.25. The number of carbonyl (C=O) groups excluding carboxylic acids is 1. The van der Waals surface area contributed by atoms with E-state index in [0.29, 0.717) is 17.9 Å². The summed E-state index contributed by atoms with van der Waals surface area (Å²) in [5.74, 6) is 0.772. The average molecular weight is 228 g/mol. The summed E-state index contributed by atoms with van der Waals surface area (Å²) in [7, 11) is 1.59. The molecule has 1 heterocycles. The lowest BCUT2D eigenvalue weighted by molar-refractivity contribution is -0.683. The lowest BCUT2D eigenvalue weighted by atomic mass is 10.1. The van der Waals surface area contributed by atoms with Crippen molar-refractivity contribution in [2.45, 2.75) is 6.54 Å². The minimum absolute atomic E-state index is 0.0695. The standard InChI is InChI=1S/C14H14NO2/c1-17-13-7-5-6-12(10-13)14(16)11-15-8-3-2-4-9-15/h2-10H,11H2,1H3/q+1. The van der Waals surface area contributed by atoms with Crippen molar-refractivity contribution >= 4 is 5.78 Å². The number of hydrogen-bond donors (Lipinski definition) is 0. The molecule has 0 saturated heterocycles. The first kappa shape index (κ1) is 11.3. The number of ether oxygens (including phenoxy) is 1. The van der Waals surface area contributed by atoms with E-state index in [2.05, 4.69) is 0 Å². The number of carbonyl (C=O) groups is 1. The zero-order chi connectivity index (χ0) is 12.1. The number of Topliss-reactive ketones (excluding diaryl/α,β-unsaturated/α-hetero) is 1. The molecular weight excluding hydrogens is 214 g/mol. The first-order valence-corrected chi connectivity index (χ1v) is 5.41. The van der Waals surface area contributed by atoms with Gasteiger partial charge >= 0.3 is 0 Å². The van der Waals surface area contributed by atoms with Crippen LogP contribution in [0.15, 0.2) is 54.9 Å². The Morgan fingerprint density at radius 3 is 2.65 bits per heavy atom. The lowest BCUT2D eigenvalue weighted by Crippen LogP contribution is -2.36. The van der Waals surface area contributed by atoms with E-state index in [-0.39, 0.29) is 5.78 Å². The molecule has 2 aromatic rings. The van der Waals surface area contributed by atoms with Crippen LogP contribution in [0.1, 0.15) is 10.4 Å². The normalized spacial score (nSPS) is 9.94. The van der Waals surface area contributed by atoms with Crippen molar-refractivity contribution in [3.05, 3.63) is 60.4 Å². The summed E-state index contributed by atoms with van der Waals surface area (Å²) < 4.78 is 6.95. The second-order valence-electron chi connectivity index (χ2n) is 3.70. The van der Waals surface area contributed by atoms with Crippen LogP contribution in [0, 0.1) is 0 Å². The number of rotatable bonds is 4. The van der Waals surface area contributed by atoms with Gasteiger partial charge in [-0.15, -0.1) is 0 Å². The summed E-state index contributed by atoms with van der Waals surface area (Å²) >= 11 is 0. The van der Waals surface area contributed by atoms with Gasteiger partial charge in [-0.3, -0.25) is 4.79 Å². The molecule has 2 rings (SSSR count). The fraction of sp³-hybridized carbons (Fsp3) is 0.143. The first-order valence-electron chi connectivity index (χ1n) is 5.41. The molecule has 0 N–H and O–H groups in total. The van der Waals surface area contributed by atoms with E-state index in [1.165, 1.54) is 0 Å². The van der Waals surface area contributed by atoms with Gasteiger partial charge in [-0.05, 0) is 12.1 Å². The fourth-order valence-electron chi connectivity index (χ4n) is 1.59. The van der Waals surface area contributed by atoms with Gasteiger partial charge in [0.25, 0.3) is 0 Å². The Balaban J connectivity index is 2.14. The molecule has 0 unspecified atom stereocenters. The Kier molecular flexibility index (Phi) is 3.50. The maximum absolute atomic E-state index is 12.0.